The normalized spacial score (nSPS) is 11.0. The van der Waals surface area contributed by atoms with Crippen molar-refractivity contribution in [2.24, 2.45) is 0 Å². The lowest BCUT2D eigenvalue weighted by atomic mass is 9.96. The summed E-state index contributed by atoms with van der Waals surface area (Å²) in [5.41, 5.74) is 0.408. The first-order valence-electron chi connectivity index (χ1n) is 9.23. The van der Waals surface area contributed by atoms with Crippen LogP contribution >= 0.6 is 11.6 Å². The number of ether oxygens (including phenoxy) is 1. The SMILES string of the molecule is C=C(CCNC(=O)c1cccc(C(C)(C)O)c1)NC(=O)COc1ccc(Cl)c(F)c1. The molecule has 30 heavy (non-hydrogen) atoms. The number of nitrogens with one attached hydrogen (secondary N) is 2. The summed E-state index contributed by atoms with van der Waals surface area (Å²) in [5, 5.41) is 15.3. The number of benzene rings is 2. The first-order valence-corrected chi connectivity index (χ1v) is 9.60. The molecular weight excluding hydrogens is 411 g/mol. The molecule has 0 saturated heterocycles. The van der Waals surface area contributed by atoms with Crippen LogP contribution in [-0.4, -0.2) is 30.1 Å². The lowest BCUT2D eigenvalue weighted by Crippen LogP contribution is -2.31. The van der Waals surface area contributed by atoms with E-state index in [1.807, 2.05) is 0 Å². The molecular formula is C22H24ClFN2O4. The van der Waals surface area contributed by atoms with Gasteiger partial charge in [-0.05, 0) is 43.7 Å². The lowest BCUT2D eigenvalue weighted by molar-refractivity contribution is -0.122. The van der Waals surface area contributed by atoms with E-state index in [1.165, 1.54) is 12.1 Å². The summed E-state index contributed by atoms with van der Waals surface area (Å²) < 4.78 is 18.5. The van der Waals surface area contributed by atoms with Crippen LogP contribution in [-0.2, 0) is 10.4 Å². The number of carbonyl (C=O) groups is 2. The van der Waals surface area contributed by atoms with Crippen molar-refractivity contribution in [2.45, 2.75) is 25.9 Å². The van der Waals surface area contributed by atoms with Crippen LogP contribution in [0.5, 0.6) is 5.75 Å². The molecule has 0 aliphatic heterocycles. The summed E-state index contributed by atoms with van der Waals surface area (Å²) in [4.78, 5) is 24.2. The van der Waals surface area contributed by atoms with Gasteiger partial charge in [0.1, 0.15) is 11.6 Å². The van der Waals surface area contributed by atoms with Crippen LogP contribution in [0.15, 0.2) is 54.7 Å². The molecule has 6 nitrogen and oxygen atoms in total. The van der Waals surface area contributed by atoms with Crippen molar-refractivity contribution in [2.75, 3.05) is 13.2 Å². The Balaban J connectivity index is 1.74. The van der Waals surface area contributed by atoms with Gasteiger partial charge in [-0.25, -0.2) is 4.39 Å². The zero-order valence-corrected chi connectivity index (χ0v) is 17.6. The summed E-state index contributed by atoms with van der Waals surface area (Å²) >= 11 is 5.59. The molecule has 0 bridgehead atoms. The smallest absolute Gasteiger partial charge is 0.262 e. The Morgan fingerprint density at radius 3 is 2.63 bits per heavy atom. The van der Waals surface area contributed by atoms with Gasteiger partial charge in [-0.2, -0.15) is 0 Å². The highest BCUT2D eigenvalue weighted by Gasteiger charge is 2.17. The van der Waals surface area contributed by atoms with Crippen molar-refractivity contribution in [3.8, 4) is 5.75 Å². The number of hydrogen-bond acceptors (Lipinski definition) is 4. The van der Waals surface area contributed by atoms with Gasteiger partial charge in [0.2, 0.25) is 0 Å². The zero-order chi connectivity index (χ0) is 22.3. The average Bonchev–Trinajstić information content (AvgIpc) is 2.68. The molecule has 0 radical (unpaired) electrons. The molecule has 2 aromatic carbocycles. The van der Waals surface area contributed by atoms with Gasteiger partial charge in [0.05, 0.1) is 10.6 Å². The third-order valence-corrected chi connectivity index (χ3v) is 4.43. The van der Waals surface area contributed by atoms with Crippen LogP contribution in [0, 0.1) is 5.82 Å². The lowest BCUT2D eigenvalue weighted by Gasteiger charge is -2.18. The summed E-state index contributed by atoms with van der Waals surface area (Å²) in [5.74, 6) is -1.21. The van der Waals surface area contributed by atoms with Crippen LogP contribution in [0.3, 0.4) is 0 Å². The van der Waals surface area contributed by atoms with Gasteiger partial charge in [-0.15, -0.1) is 0 Å². The van der Waals surface area contributed by atoms with E-state index in [2.05, 4.69) is 17.2 Å². The van der Waals surface area contributed by atoms with E-state index >= 15 is 0 Å². The molecule has 0 aromatic heterocycles. The second-order valence-electron chi connectivity index (χ2n) is 7.16. The Morgan fingerprint density at radius 1 is 1.23 bits per heavy atom. The van der Waals surface area contributed by atoms with E-state index in [4.69, 9.17) is 16.3 Å². The zero-order valence-electron chi connectivity index (χ0n) is 16.8. The minimum Gasteiger partial charge on any atom is -0.484 e. The van der Waals surface area contributed by atoms with Crippen molar-refractivity contribution in [1.29, 1.82) is 0 Å². The van der Waals surface area contributed by atoms with Gasteiger partial charge in [-0.3, -0.25) is 9.59 Å². The van der Waals surface area contributed by atoms with Gasteiger partial charge in [0, 0.05) is 30.3 Å². The molecule has 8 heteroatoms. The molecule has 0 spiro atoms. The standard InChI is InChI=1S/C22H24ClFN2O4/c1-14(26-20(27)13-30-17-7-8-18(23)19(24)12-17)9-10-25-21(28)15-5-4-6-16(11-15)22(2,3)29/h4-8,11-12,29H,1,9-10,13H2,2-3H3,(H,25,28)(H,26,27). The van der Waals surface area contributed by atoms with Crippen molar-refractivity contribution in [1.82, 2.24) is 10.6 Å². The number of amides is 2. The van der Waals surface area contributed by atoms with Crippen molar-refractivity contribution < 1.29 is 23.8 Å². The number of hydrogen-bond donors (Lipinski definition) is 3. The summed E-state index contributed by atoms with van der Waals surface area (Å²) in [7, 11) is 0. The van der Waals surface area contributed by atoms with Crippen molar-refractivity contribution in [3.05, 3.63) is 76.7 Å². The van der Waals surface area contributed by atoms with E-state index < -0.39 is 17.3 Å². The minimum atomic E-state index is -1.05. The van der Waals surface area contributed by atoms with Gasteiger partial charge in [0.15, 0.2) is 6.61 Å². The first kappa shape index (κ1) is 23.4. The Hall–Kier alpha value is -2.90. The van der Waals surface area contributed by atoms with E-state index in [1.54, 1.807) is 38.1 Å². The molecule has 160 valence electrons. The van der Waals surface area contributed by atoms with E-state index in [9.17, 15) is 19.1 Å². The van der Waals surface area contributed by atoms with Crippen LogP contribution in [0.25, 0.3) is 0 Å². The van der Waals surface area contributed by atoms with Crippen LogP contribution in [0.2, 0.25) is 5.02 Å². The predicted octanol–water partition coefficient (Wildman–Crippen LogP) is 3.54. The van der Waals surface area contributed by atoms with Gasteiger partial charge in [-0.1, -0.05) is 30.3 Å². The Bertz CT molecular complexity index is 941. The van der Waals surface area contributed by atoms with Gasteiger partial charge in [0.25, 0.3) is 11.8 Å². The number of aliphatic hydroxyl groups is 1. The third kappa shape index (κ3) is 7.17. The maximum Gasteiger partial charge on any atom is 0.262 e. The molecule has 0 fully saturated rings. The third-order valence-electron chi connectivity index (χ3n) is 4.12. The molecule has 0 saturated carbocycles. The highest BCUT2D eigenvalue weighted by Crippen LogP contribution is 2.21. The number of halogens is 2. The molecule has 2 rings (SSSR count). The van der Waals surface area contributed by atoms with E-state index in [0.29, 0.717) is 23.2 Å². The molecule has 2 aromatic rings. The second-order valence-corrected chi connectivity index (χ2v) is 7.57. The number of rotatable bonds is 9. The van der Waals surface area contributed by atoms with Crippen molar-refractivity contribution >= 4 is 23.4 Å². The average molecular weight is 435 g/mol. The Morgan fingerprint density at radius 2 is 1.97 bits per heavy atom. The van der Waals surface area contributed by atoms with Gasteiger partial charge < -0.3 is 20.5 Å². The molecule has 2 amide bonds. The summed E-state index contributed by atoms with van der Waals surface area (Å²) in [6, 6.07) is 10.6. The highest BCUT2D eigenvalue weighted by atomic mass is 35.5. The summed E-state index contributed by atoms with van der Waals surface area (Å²) in [6.07, 6.45) is 0.318. The Kier molecular flexibility index (Phi) is 7.97. The van der Waals surface area contributed by atoms with E-state index in [-0.39, 0.29) is 29.8 Å². The quantitative estimate of drug-likeness (QED) is 0.563. The molecule has 0 atom stereocenters. The molecule has 0 unspecified atom stereocenters. The fraction of sp³-hybridized carbons (Fsp3) is 0.273. The first-order chi connectivity index (χ1) is 14.1. The molecule has 0 aliphatic carbocycles. The predicted molar refractivity (Wildman–Crippen MR) is 113 cm³/mol. The fourth-order valence-electron chi connectivity index (χ4n) is 2.48. The highest BCUT2D eigenvalue weighted by molar-refractivity contribution is 6.30. The fourth-order valence-corrected chi connectivity index (χ4v) is 2.60. The van der Waals surface area contributed by atoms with E-state index in [0.717, 1.165) is 6.07 Å². The largest absolute Gasteiger partial charge is 0.484 e. The molecule has 0 heterocycles. The number of carbonyl (C=O) groups excluding carboxylic acids is 2. The monoisotopic (exact) mass is 434 g/mol. The topological polar surface area (TPSA) is 87.7 Å². The van der Waals surface area contributed by atoms with Gasteiger partial charge >= 0.3 is 0 Å². The molecule has 0 aliphatic rings. The minimum absolute atomic E-state index is 0.0333. The molecule has 3 N–H and O–H groups in total. The Labute approximate surface area is 179 Å². The van der Waals surface area contributed by atoms with Crippen LogP contribution < -0.4 is 15.4 Å². The maximum absolute atomic E-state index is 13.3. The summed E-state index contributed by atoms with van der Waals surface area (Å²) in [6.45, 7) is 6.96. The van der Waals surface area contributed by atoms with Crippen molar-refractivity contribution in [3.63, 3.8) is 0 Å². The van der Waals surface area contributed by atoms with Crippen LogP contribution in [0.4, 0.5) is 4.39 Å². The van der Waals surface area contributed by atoms with Crippen LogP contribution in [0.1, 0.15) is 36.2 Å². The second kappa shape index (κ2) is 10.2. The maximum atomic E-state index is 13.3.